The summed E-state index contributed by atoms with van der Waals surface area (Å²) >= 11 is 2.28. The van der Waals surface area contributed by atoms with Gasteiger partial charge in [-0.3, -0.25) is 4.79 Å². The highest BCUT2D eigenvalue weighted by Gasteiger charge is 2.50. The summed E-state index contributed by atoms with van der Waals surface area (Å²) < 4.78 is 12.3. The molecule has 0 saturated carbocycles. The van der Waals surface area contributed by atoms with E-state index in [-0.39, 0.29) is 18.0 Å². The Labute approximate surface area is 144 Å². The molecule has 1 aromatic rings. The summed E-state index contributed by atoms with van der Waals surface area (Å²) in [5, 5.41) is 0. The number of rotatable bonds is 3. The van der Waals surface area contributed by atoms with E-state index in [9.17, 15) is 4.79 Å². The molecule has 3 atom stereocenters. The van der Waals surface area contributed by atoms with Crippen molar-refractivity contribution < 1.29 is 14.3 Å². The fraction of sp³-hybridized carbons (Fsp3) is 0.389. The predicted octanol–water partition coefficient (Wildman–Crippen LogP) is 4.12. The van der Waals surface area contributed by atoms with Gasteiger partial charge in [0.25, 0.3) is 0 Å². The number of carbonyl (C=O) groups excluding carboxylic acids is 1. The van der Waals surface area contributed by atoms with Crippen molar-refractivity contribution in [3.05, 3.63) is 51.6 Å². The maximum absolute atomic E-state index is 12.3. The van der Waals surface area contributed by atoms with Crippen LogP contribution < -0.4 is 4.74 Å². The monoisotopic (exact) mass is 410 g/mol. The Morgan fingerprint density at radius 3 is 2.86 bits per heavy atom. The van der Waals surface area contributed by atoms with E-state index in [0.29, 0.717) is 0 Å². The predicted molar refractivity (Wildman–Crippen MR) is 93.6 cm³/mol. The van der Waals surface area contributed by atoms with Crippen LogP contribution in [0, 0.1) is 14.9 Å². The van der Waals surface area contributed by atoms with Gasteiger partial charge in [0, 0.05) is 5.92 Å². The molecular weight excluding hydrogens is 391 g/mol. The zero-order chi connectivity index (χ0) is 15.7. The van der Waals surface area contributed by atoms with E-state index in [1.165, 1.54) is 12.7 Å². The van der Waals surface area contributed by atoms with Gasteiger partial charge in [-0.15, -0.1) is 0 Å². The average molecular weight is 410 g/mol. The van der Waals surface area contributed by atoms with Crippen LogP contribution in [0.1, 0.15) is 19.8 Å². The van der Waals surface area contributed by atoms with Crippen molar-refractivity contribution in [2.75, 3.05) is 7.11 Å². The number of para-hydroxylation sites is 1. The molecule has 2 aliphatic rings. The zero-order valence-electron chi connectivity index (χ0n) is 12.7. The summed E-state index contributed by atoms with van der Waals surface area (Å²) in [5.41, 5.74) is 0.720. The lowest BCUT2D eigenvalue weighted by atomic mass is 9.71. The maximum atomic E-state index is 12.3. The molecule has 22 heavy (non-hydrogen) atoms. The summed E-state index contributed by atoms with van der Waals surface area (Å²) in [7, 11) is 1.46. The number of halogens is 1. The quantitative estimate of drug-likeness (QED) is 0.427. The molecule has 3 rings (SSSR count). The first-order valence-corrected chi connectivity index (χ1v) is 8.49. The zero-order valence-corrected chi connectivity index (χ0v) is 14.9. The van der Waals surface area contributed by atoms with Crippen LogP contribution in [0.2, 0.25) is 0 Å². The molecule has 4 heteroatoms. The van der Waals surface area contributed by atoms with Crippen molar-refractivity contribution in [1.82, 2.24) is 0 Å². The Bertz CT molecular complexity index is 649. The maximum Gasteiger partial charge on any atom is 0.316 e. The minimum absolute atomic E-state index is 0.0131. The number of methoxy groups -OCH3 is 1. The molecule has 0 saturated heterocycles. The standard InChI is InChI=1S/C18H19IO3/c1-12-9-13-10-14(22-16-6-4-3-5-15(16)19)7-8-18(13,11-12)17(20)21-2/h3-9,13-14H,10-11H2,1-2H3/t13-,14-,18+/m1/s1. The van der Waals surface area contributed by atoms with Crippen LogP contribution in [0.25, 0.3) is 0 Å². The van der Waals surface area contributed by atoms with Gasteiger partial charge >= 0.3 is 5.97 Å². The first-order valence-electron chi connectivity index (χ1n) is 7.41. The first kappa shape index (κ1) is 15.6. The third-order valence-corrected chi connectivity index (χ3v) is 5.38. The number of ether oxygens (including phenoxy) is 2. The van der Waals surface area contributed by atoms with E-state index < -0.39 is 5.41 Å². The average Bonchev–Trinajstić information content (AvgIpc) is 2.85. The molecule has 0 bridgehead atoms. The normalized spacial score (nSPS) is 29.7. The van der Waals surface area contributed by atoms with Crippen LogP contribution in [0.4, 0.5) is 0 Å². The number of fused-ring (bicyclic) bond motifs is 1. The van der Waals surface area contributed by atoms with Crippen molar-refractivity contribution in [2.24, 2.45) is 11.3 Å². The fourth-order valence-corrected chi connectivity index (χ4v) is 4.00. The third-order valence-electron chi connectivity index (χ3n) is 4.49. The van der Waals surface area contributed by atoms with E-state index in [0.717, 1.165) is 22.2 Å². The van der Waals surface area contributed by atoms with E-state index in [4.69, 9.17) is 9.47 Å². The fourth-order valence-electron chi connectivity index (χ4n) is 3.48. The van der Waals surface area contributed by atoms with Crippen LogP contribution in [-0.2, 0) is 9.53 Å². The molecule has 0 fully saturated rings. The van der Waals surface area contributed by atoms with Crippen LogP contribution in [0.3, 0.4) is 0 Å². The van der Waals surface area contributed by atoms with Gasteiger partial charge in [0.2, 0.25) is 0 Å². The second-order valence-electron chi connectivity index (χ2n) is 6.01. The highest BCUT2D eigenvalue weighted by molar-refractivity contribution is 14.1. The van der Waals surface area contributed by atoms with Crippen LogP contribution in [0.15, 0.2) is 48.1 Å². The van der Waals surface area contributed by atoms with Gasteiger partial charge in [-0.2, -0.15) is 0 Å². The Kier molecular flexibility index (Phi) is 4.30. The van der Waals surface area contributed by atoms with Gasteiger partial charge in [-0.1, -0.05) is 29.9 Å². The number of benzene rings is 1. The molecule has 0 N–H and O–H groups in total. The molecule has 0 heterocycles. The van der Waals surface area contributed by atoms with Crippen molar-refractivity contribution in [3.8, 4) is 5.75 Å². The number of esters is 1. The Balaban J connectivity index is 1.83. The molecule has 2 aliphatic carbocycles. The highest BCUT2D eigenvalue weighted by Crippen LogP contribution is 2.49. The van der Waals surface area contributed by atoms with Gasteiger partial charge < -0.3 is 9.47 Å². The summed E-state index contributed by atoms with van der Waals surface area (Å²) in [4.78, 5) is 12.3. The molecule has 0 amide bonds. The molecule has 1 aromatic carbocycles. The lowest BCUT2D eigenvalue weighted by Crippen LogP contribution is -2.40. The van der Waals surface area contributed by atoms with Crippen LogP contribution >= 0.6 is 22.6 Å². The first-order chi connectivity index (χ1) is 10.5. The molecule has 3 nitrogen and oxygen atoms in total. The SMILES string of the molecule is COC(=O)[C@]12C=C[C@@H](Oc3ccccc3I)C[C@H]1C=C(C)C2. The smallest absolute Gasteiger partial charge is 0.316 e. The minimum Gasteiger partial charge on any atom is -0.485 e. The second-order valence-corrected chi connectivity index (χ2v) is 7.17. The van der Waals surface area contributed by atoms with Gasteiger partial charge in [-0.25, -0.2) is 0 Å². The second kappa shape index (κ2) is 6.07. The minimum atomic E-state index is -0.525. The summed E-state index contributed by atoms with van der Waals surface area (Å²) in [6.07, 6.45) is 7.75. The van der Waals surface area contributed by atoms with E-state index in [2.05, 4.69) is 35.6 Å². The summed E-state index contributed by atoms with van der Waals surface area (Å²) in [6, 6.07) is 7.98. The Hall–Kier alpha value is -1.30. The number of hydrogen-bond acceptors (Lipinski definition) is 3. The third kappa shape index (κ3) is 2.69. The number of hydrogen-bond donors (Lipinski definition) is 0. The Morgan fingerprint density at radius 2 is 2.14 bits per heavy atom. The van der Waals surface area contributed by atoms with Crippen molar-refractivity contribution in [3.63, 3.8) is 0 Å². The van der Waals surface area contributed by atoms with Crippen molar-refractivity contribution in [2.45, 2.75) is 25.9 Å². The topological polar surface area (TPSA) is 35.5 Å². The Morgan fingerprint density at radius 1 is 1.36 bits per heavy atom. The van der Waals surface area contributed by atoms with Gasteiger partial charge in [0.1, 0.15) is 11.9 Å². The summed E-state index contributed by atoms with van der Waals surface area (Å²) in [5.74, 6) is 0.896. The van der Waals surface area contributed by atoms with Crippen molar-refractivity contribution in [1.29, 1.82) is 0 Å². The molecule has 116 valence electrons. The molecule has 0 aliphatic heterocycles. The molecular formula is C18H19IO3. The van der Waals surface area contributed by atoms with Gasteiger partial charge in [0.15, 0.2) is 0 Å². The molecule has 0 aromatic heterocycles. The van der Waals surface area contributed by atoms with Crippen molar-refractivity contribution >= 4 is 28.6 Å². The number of allylic oxidation sites excluding steroid dienone is 2. The summed E-state index contributed by atoms with van der Waals surface area (Å²) in [6.45, 7) is 2.08. The lowest BCUT2D eigenvalue weighted by Gasteiger charge is -2.35. The van der Waals surface area contributed by atoms with Gasteiger partial charge in [-0.05, 0) is 60.6 Å². The molecule has 0 radical (unpaired) electrons. The van der Waals surface area contributed by atoms with Crippen LogP contribution in [0.5, 0.6) is 5.75 Å². The van der Waals surface area contributed by atoms with E-state index in [1.807, 2.05) is 36.4 Å². The molecule has 0 unspecified atom stereocenters. The van der Waals surface area contributed by atoms with E-state index in [1.54, 1.807) is 0 Å². The largest absolute Gasteiger partial charge is 0.485 e. The highest BCUT2D eigenvalue weighted by atomic mass is 127. The molecule has 0 spiro atoms. The van der Waals surface area contributed by atoms with Crippen LogP contribution in [-0.4, -0.2) is 19.2 Å². The number of carbonyl (C=O) groups is 1. The lowest BCUT2D eigenvalue weighted by molar-refractivity contribution is -0.152. The van der Waals surface area contributed by atoms with Gasteiger partial charge in [0.05, 0.1) is 16.1 Å². The van der Waals surface area contributed by atoms with E-state index >= 15 is 0 Å².